The van der Waals surface area contributed by atoms with E-state index in [0.29, 0.717) is 5.70 Å². The molecule has 0 saturated heterocycles. The summed E-state index contributed by atoms with van der Waals surface area (Å²) in [7, 11) is 0. The van der Waals surface area contributed by atoms with E-state index < -0.39 is 0 Å². The van der Waals surface area contributed by atoms with Crippen LogP contribution in [0.25, 0.3) is 0 Å². The highest BCUT2D eigenvalue weighted by molar-refractivity contribution is 5.20. The fraction of sp³-hybridized carbons (Fsp3) is 0.143. The molecule has 0 aromatic heterocycles. The van der Waals surface area contributed by atoms with Gasteiger partial charge in [0.15, 0.2) is 0 Å². The van der Waals surface area contributed by atoms with E-state index in [0.717, 1.165) is 5.57 Å². The standard InChI is InChI=1S/C7H11N/c1-6(2)4-5-7(3)8/h4-5H,1,3,8H2,2H3/b5-4+. The summed E-state index contributed by atoms with van der Waals surface area (Å²) in [5.74, 6) is 0. The van der Waals surface area contributed by atoms with Crippen molar-refractivity contribution in [1.29, 1.82) is 0 Å². The normalized spacial score (nSPS) is 9.62. The van der Waals surface area contributed by atoms with Gasteiger partial charge in [-0.3, -0.25) is 0 Å². The van der Waals surface area contributed by atoms with Gasteiger partial charge in [-0.15, -0.1) is 0 Å². The number of rotatable bonds is 2. The van der Waals surface area contributed by atoms with Crippen molar-refractivity contribution in [2.45, 2.75) is 6.92 Å². The van der Waals surface area contributed by atoms with E-state index in [1.165, 1.54) is 0 Å². The fourth-order valence-corrected chi connectivity index (χ4v) is 0.249. The lowest BCUT2D eigenvalue weighted by molar-refractivity contribution is 1.43. The maximum atomic E-state index is 5.22. The SMILES string of the molecule is C=C(C)/C=C/C(=C)N. The minimum atomic E-state index is 0.563. The van der Waals surface area contributed by atoms with E-state index in [1.54, 1.807) is 6.08 Å². The van der Waals surface area contributed by atoms with Crippen molar-refractivity contribution in [2.24, 2.45) is 5.73 Å². The number of hydrogen-bond donors (Lipinski definition) is 1. The predicted molar refractivity (Wildman–Crippen MR) is 37.3 cm³/mol. The van der Waals surface area contributed by atoms with Crippen LogP contribution in [0.2, 0.25) is 0 Å². The molecule has 0 aromatic carbocycles. The largest absolute Gasteiger partial charge is 0.399 e. The van der Waals surface area contributed by atoms with Crippen molar-refractivity contribution < 1.29 is 0 Å². The Morgan fingerprint density at radius 1 is 1.38 bits per heavy atom. The zero-order chi connectivity index (χ0) is 6.57. The maximum absolute atomic E-state index is 5.22. The molecule has 8 heavy (non-hydrogen) atoms. The van der Waals surface area contributed by atoms with Gasteiger partial charge in [0.05, 0.1) is 0 Å². The first-order valence-electron chi connectivity index (χ1n) is 2.41. The van der Waals surface area contributed by atoms with Gasteiger partial charge in [0.25, 0.3) is 0 Å². The molecule has 44 valence electrons. The van der Waals surface area contributed by atoms with Gasteiger partial charge in [0.2, 0.25) is 0 Å². The third-order valence-electron chi connectivity index (χ3n) is 0.582. The van der Waals surface area contributed by atoms with Crippen LogP contribution in [0.4, 0.5) is 0 Å². The third kappa shape index (κ3) is 5.02. The monoisotopic (exact) mass is 109 g/mol. The smallest absolute Gasteiger partial charge is 0.0241 e. The Morgan fingerprint density at radius 2 is 1.88 bits per heavy atom. The maximum Gasteiger partial charge on any atom is 0.0241 e. The van der Waals surface area contributed by atoms with Crippen LogP contribution in [-0.4, -0.2) is 0 Å². The topological polar surface area (TPSA) is 26.0 Å². The van der Waals surface area contributed by atoms with Gasteiger partial charge < -0.3 is 5.73 Å². The molecule has 0 amide bonds. The number of hydrogen-bond acceptors (Lipinski definition) is 1. The highest BCUT2D eigenvalue weighted by Gasteiger charge is 1.72. The summed E-state index contributed by atoms with van der Waals surface area (Å²) in [6.45, 7) is 9.02. The predicted octanol–water partition coefficient (Wildman–Crippen LogP) is 1.59. The Bertz CT molecular complexity index is 115. The average molecular weight is 109 g/mol. The summed E-state index contributed by atoms with van der Waals surface area (Å²) in [5, 5.41) is 0. The Balaban J connectivity index is 3.67. The lowest BCUT2D eigenvalue weighted by Gasteiger charge is -1.84. The summed E-state index contributed by atoms with van der Waals surface area (Å²) in [5.41, 5.74) is 6.76. The first-order valence-corrected chi connectivity index (χ1v) is 2.41. The lowest BCUT2D eigenvalue weighted by Crippen LogP contribution is -1.87. The first-order chi connectivity index (χ1) is 3.63. The van der Waals surface area contributed by atoms with Crippen LogP contribution in [0.5, 0.6) is 0 Å². The van der Waals surface area contributed by atoms with Crippen molar-refractivity contribution in [3.05, 3.63) is 36.6 Å². The molecule has 0 atom stereocenters. The molecule has 2 N–H and O–H groups in total. The minimum absolute atomic E-state index is 0.563. The first kappa shape index (κ1) is 7.02. The highest BCUT2D eigenvalue weighted by Crippen LogP contribution is 1.90. The molecule has 1 nitrogen and oxygen atoms in total. The average Bonchev–Trinajstić information content (AvgIpc) is 1.61. The molecule has 0 rings (SSSR count). The van der Waals surface area contributed by atoms with E-state index in [4.69, 9.17) is 5.73 Å². The minimum Gasteiger partial charge on any atom is -0.399 e. The summed E-state index contributed by atoms with van der Waals surface area (Å²) >= 11 is 0. The summed E-state index contributed by atoms with van der Waals surface area (Å²) in [4.78, 5) is 0. The van der Waals surface area contributed by atoms with E-state index >= 15 is 0 Å². The van der Waals surface area contributed by atoms with Crippen LogP contribution in [0.1, 0.15) is 6.92 Å². The van der Waals surface area contributed by atoms with Crippen molar-refractivity contribution in [1.82, 2.24) is 0 Å². The van der Waals surface area contributed by atoms with Crippen LogP contribution in [0.15, 0.2) is 36.6 Å². The van der Waals surface area contributed by atoms with E-state index in [-0.39, 0.29) is 0 Å². The molecule has 0 aliphatic carbocycles. The molecule has 0 aromatic rings. The van der Waals surface area contributed by atoms with E-state index in [1.807, 2.05) is 13.0 Å². The molecule has 0 aliphatic rings. The summed E-state index contributed by atoms with van der Waals surface area (Å²) in [6.07, 6.45) is 3.55. The van der Waals surface area contributed by atoms with Crippen LogP contribution < -0.4 is 5.73 Å². The quantitative estimate of drug-likeness (QED) is 0.535. The Morgan fingerprint density at radius 3 is 2.00 bits per heavy atom. The zero-order valence-electron chi connectivity index (χ0n) is 5.15. The van der Waals surface area contributed by atoms with Gasteiger partial charge in [0.1, 0.15) is 0 Å². The highest BCUT2D eigenvalue weighted by atomic mass is 14.5. The van der Waals surface area contributed by atoms with Gasteiger partial charge in [-0.1, -0.05) is 24.8 Å². The van der Waals surface area contributed by atoms with Gasteiger partial charge >= 0.3 is 0 Å². The summed E-state index contributed by atoms with van der Waals surface area (Å²) in [6, 6.07) is 0. The molecular formula is C7H11N. The Labute approximate surface area is 50.2 Å². The molecular weight excluding hydrogens is 98.1 g/mol. The van der Waals surface area contributed by atoms with Crippen molar-refractivity contribution in [3.63, 3.8) is 0 Å². The zero-order valence-corrected chi connectivity index (χ0v) is 5.15. The van der Waals surface area contributed by atoms with Gasteiger partial charge in [-0.25, -0.2) is 0 Å². The van der Waals surface area contributed by atoms with E-state index in [2.05, 4.69) is 13.2 Å². The van der Waals surface area contributed by atoms with Gasteiger partial charge in [-0.05, 0) is 13.0 Å². The fourth-order valence-electron chi connectivity index (χ4n) is 0.249. The van der Waals surface area contributed by atoms with Crippen LogP contribution in [0.3, 0.4) is 0 Å². The third-order valence-corrected chi connectivity index (χ3v) is 0.582. The van der Waals surface area contributed by atoms with Crippen molar-refractivity contribution >= 4 is 0 Å². The van der Waals surface area contributed by atoms with Crippen LogP contribution >= 0.6 is 0 Å². The second-order valence-electron chi connectivity index (χ2n) is 1.75. The van der Waals surface area contributed by atoms with Crippen LogP contribution in [0, 0.1) is 0 Å². The van der Waals surface area contributed by atoms with Crippen molar-refractivity contribution in [2.75, 3.05) is 0 Å². The molecule has 0 saturated carbocycles. The number of nitrogens with two attached hydrogens (primary N) is 1. The summed E-state index contributed by atoms with van der Waals surface area (Å²) < 4.78 is 0. The molecule has 1 heteroatoms. The lowest BCUT2D eigenvalue weighted by atomic mass is 10.3. The van der Waals surface area contributed by atoms with Crippen molar-refractivity contribution in [3.8, 4) is 0 Å². The second-order valence-corrected chi connectivity index (χ2v) is 1.75. The molecule has 0 aliphatic heterocycles. The Kier molecular flexibility index (Phi) is 2.70. The van der Waals surface area contributed by atoms with Gasteiger partial charge in [-0.2, -0.15) is 0 Å². The Hall–Kier alpha value is -0.980. The number of allylic oxidation sites excluding steroid dienone is 3. The second kappa shape index (κ2) is 3.08. The molecule has 0 radical (unpaired) electrons. The molecule has 0 fully saturated rings. The molecule has 0 unspecified atom stereocenters. The van der Waals surface area contributed by atoms with E-state index in [9.17, 15) is 0 Å². The molecule has 0 bridgehead atoms. The molecule has 0 spiro atoms. The molecule has 0 heterocycles. The van der Waals surface area contributed by atoms with Gasteiger partial charge in [0, 0.05) is 5.70 Å². The van der Waals surface area contributed by atoms with Crippen LogP contribution in [-0.2, 0) is 0 Å².